The molecule has 0 bridgehead atoms. The van der Waals surface area contributed by atoms with E-state index in [0.717, 1.165) is 0 Å². The Hall–Kier alpha value is -1.08. The largest absolute Gasteiger partial charge is 0.294 e. The average molecular weight is 173 g/mol. The SMILES string of the molecule is C=Cc1ccc(C(C)N2CC2)cc1. The zero-order chi connectivity index (χ0) is 9.26. The predicted octanol–water partition coefficient (Wildman–Crippen LogP) is 2.71. The highest BCUT2D eigenvalue weighted by atomic mass is 15.3. The van der Waals surface area contributed by atoms with E-state index in [1.54, 1.807) is 0 Å². The third-order valence-electron chi connectivity index (χ3n) is 2.68. The van der Waals surface area contributed by atoms with Crippen molar-refractivity contribution in [3.63, 3.8) is 0 Å². The van der Waals surface area contributed by atoms with Gasteiger partial charge in [-0.1, -0.05) is 36.9 Å². The second-order valence-corrected chi connectivity index (χ2v) is 3.58. The van der Waals surface area contributed by atoms with Gasteiger partial charge in [-0.25, -0.2) is 0 Å². The third-order valence-corrected chi connectivity index (χ3v) is 2.68. The van der Waals surface area contributed by atoms with Crippen molar-refractivity contribution in [1.82, 2.24) is 4.90 Å². The topological polar surface area (TPSA) is 3.01 Å². The van der Waals surface area contributed by atoms with Crippen molar-refractivity contribution in [3.05, 3.63) is 42.0 Å². The highest BCUT2D eigenvalue weighted by Crippen LogP contribution is 2.25. The molecule has 1 aromatic carbocycles. The Morgan fingerprint density at radius 2 is 1.92 bits per heavy atom. The molecule has 1 heterocycles. The van der Waals surface area contributed by atoms with Crippen LogP contribution >= 0.6 is 0 Å². The van der Waals surface area contributed by atoms with Crippen molar-refractivity contribution in [3.8, 4) is 0 Å². The molecule has 1 nitrogen and oxygen atoms in total. The zero-order valence-corrected chi connectivity index (χ0v) is 8.03. The van der Waals surface area contributed by atoms with Crippen LogP contribution in [0.15, 0.2) is 30.8 Å². The van der Waals surface area contributed by atoms with Crippen LogP contribution in [-0.4, -0.2) is 18.0 Å². The monoisotopic (exact) mass is 173 g/mol. The zero-order valence-electron chi connectivity index (χ0n) is 8.03. The van der Waals surface area contributed by atoms with Crippen LogP contribution in [0.2, 0.25) is 0 Å². The standard InChI is InChI=1S/C12H15N/c1-3-11-4-6-12(7-5-11)10(2)13-8-9-13/h3-7,10H,1,8-9H2,2H3. The Morgan fingerprint density at radius 3 is 2.38 bits per heavy atom. The summed E-state index contributed by atoms with van der Waals surface area (Å²) in [5, 5.41) is 0. The van der Waals surface area contributed by atoms with Crippen molar-refractivity contribution < 1.29 is 0 Å². The van der Waals surface area contributed by atoms with Gasteiger partial charge in [0.2, 0.25) is 0 Å². The lowest BCUT2D eigenvalue weighted by Crippen LogP contribution is -2.04. The van der Waals surface area contributed by atoms with E-state index >= 15 is 0 Å². The maximum Gasteiger partial charge on any atom is 0.0320 e. The first-order valence-corrected chi connectivity index (χ1v) is 4.77. The highest BCUT2D eigenvalue weighted by molar-refractivity contribution is 5.47. The quantitative estimate of drug-likeness (QED) is 0.635. The van der Waals surface area contributed by atoms with Gasteiger partial charge in [0, 0.05) is 19.1 Å². The molecule has 1 saturated heterocycles. The minimum absolute atomic E-state index is 0.582. The summed E-state index contributed by atoms with van der Waals surface area (Å²) in [4.78, 5) is 2.45. The van der Waals surface area contributed by atoms with E-state index in [9.17, 15) is 0 Å². The van der Waals surface area contributed by atoms with Gasteiger partial charge in [0.1, 0.15) is 0 Å². The molecule has 1 aliphatic rings. The fourth-order valence-electron chi connectivity index (χ4n) is 1.57. The van der Waals surface area contributed by atoms with Gasteiger partial charge in [0.25, 0.3) is 0 Å². The number of nitrogens with zero attached hydrogens (tertiary/aromatic N) is 1. The number of rotatable bonds is 3. The lowest BCUT2D eigenvalue weighted by molar-refractivity contribution is 0.444. The fraction of sp³-hybridized carbons (Fsp3) is 0.333. The molecule has 68 valence electrons. The summed E-state index contributed by atoms with van der Waals surface area (Å²) in [7, 11) is 0. The van der Waals surface area contributed by atoms with Gasteiger partial charge in [-0.2, -0.15) is 0 Å². The van der Waals surface area contributed by atoms with E-state index in [0.29, 0.717) is 6.04 Å². The summed E-state index contributed by atoms with van der Waals surface area (Å²) in [6.07, 6.45) is 1.88. The van der Waals surface area contributed by atoms with Crippen LogP contribution in [-0.2, 0) is 0 Å². The molecular formula is C12H15N. The molecule has 2 rings (SSSR count). The van der Waals surface area contributed by atoms with Crippen molar-refractivity contribution in [2.75, 3.05) is 13.1 Å². The van der Waals surface area contributed by atoms with Gasteiger partial charge < -0.3 is 0 Å². The van der Waals surface area contributed by atoms with Crippen molar-refractivity contribution in [1.29, 1.82) is 0 Å². The molecule has 0 N–H and O–H groups in total. The average Bonchev–Trinajstić information content (AvgIpc) is 3.00. The first kappa shape index (κ1) is 8.52. The first-order chi connectivity index (χ1) is 6.31. The highest BCUT2D eigenvalue weighted by Gasteiger charge is 2.24. The molecule has 1 unspecified atom stereocenters. The molecule has 0 amide bonds. The summed E-state index contributed by atoms with van der Waals surface area (Å²) in [6, 6.07) is 9.23. The summed E-state index contributed by atoms with van der Waals surface area (Å²) in [5.74, 6) is 0. The van der Waals surface area contributed by atoms with Crippen LogP contribution in [0.3, 0.4) is 0 Å². The summed E-state index contributed by atoms with van der Waals surface area (Å²) in [6.45, 7) is 8.51. The molecule has 0 radical (unpaired) electrons. The Balaban J connectivity index is 2.16. The molecule has 0 aromatic heterocycles. The van der Waals surface area contributed by atoms with Gasteiger partial charge in [-0.05, 0) is 18.1 Å². The smallest absolute Gasteiger partial charge is 0.0320 e. The molecule has 13 heavy (non-hydrogen) atoms. The second kappa shape index (κ2) is 3.35. The summed E-state index contributed by atoms with van der Waals surface area (Å²) in [5.41, 5.74) is 2.60. The summed E-state index contributed by atoms with van der Waals surface area (Å²) < 4.78 is 0. The first-order valence-electron chi connectivity index (χ1n) is 4.77. The van der Waals surface area contributed by atoms with Crippen LogP contribution < -0.4 is 0 Å². The van der Waals surface area contributed by atoms with Crippen LogP contribution in [0.5, 0.6) is 0 Å². The Labute approximate surface area is 79.7 Å². The van der Waals surface area contributed by atoms with Gasteiger partial charge in [-0.15, -0.1) is 0 Å². The van der Waals surface area contributed by atoms with Crippen LogP contribution in [0, 0.1) is 0 Å². The second-order valence-electron chi connectivity index (χ2n) is 3.58. The maximum absolute atomic E-state index is 3.74. The van der Waals surface area contributed by atoms with E-state index in [1.807, 2.05) is 6.08 Å². The van der Waals surface area contributed by atoms with Crippen molar-refractivity contribution in [2.45, 2.75) is 13.0 Å². The third kappa shape index (κ3) is 1.81. The van der Waals surface area contributed by atoms with E-state index < -0.39 is 0 Å². The summed E-state index contributed by atoms with van der Waals surface area (Å²) >= 11 is 0. The van der Waals surface area contributed by atoms with E-state index in [4.69, 9.17) is 0 Å². The lowest BCUT2D eigenvalue weighted by atomic mass is 10.1. The van der Waals surface area contributed by atoms with Crippen LogP contribution in [0.25, 0.3) is 6.08 Å². The molecular weight excluding hydrogens is 158 g/mol. The molecule has 0 saturated carbocycles. The normalized spacial score (nSPS) is 18.2. The molecule has 0 aliphatic carbocycles. The minimum Gasteiger partial charge on any atom is -0.294 e. The maximum atomic E-state index is 3.74. The Bertz CT molecular complexity index is 295. The van der Waals surface area contributed by atoms with E-state index in [2.05, 4.69) is 42.7 Å². The molecule has 1 fully saturated rings. The van der Waals surface area contributed by atoms with Crippen molar-refractivity contribution in [2.24, 2.45) is 0 Å². The van der Waals surface area contributed by atoms with E-state index in [-0.39, 0.29) is 0 Å². The molecule has 1 atom stereocenters. The molecule has 1 heteroatoms. The number of benzene rings is 1. The predicted molar refractivity (Wildman–Crippen MR) is 56.5 cm³/mol. The van der Waals surface area contributed by atoms with Crippen LogP contribution in [0.4, 0.5) is 0 Å². The fourth-order valence-corrected chi connectivity index (χ4v) is 1.57. The Morgan fingerprint density at radius 1 is 1.31 bits per heavy atom. The molecule has 1 aromatic rings. The lowest BCUT2D eigenvalue weighted by Gasteiger charge is -2.12. The minimum atomic E-state index is 0.582. The van der Waals surface area contributed by atoms with Gasteiger partial charge >= 0.3 is 0 Å². The molecule has 1 aliphatic heterocycles. The van der Waals surface area contributed by atoms with Gasteiger partial charge in [0.15, 0.2) is 0 Å². The van der Waals surface area contributed by atoms with Gasteiger partial charge in [0.05, 0.1) is 0 Å². The Kier molecular flexibility index (Phi) is 2.19. The number of hydrogen-bond donors (Lipinski definition) is 0. The van der Waals surface area contributed by atoms with Crippen LogP contribution in [0.1, 0.15) is 24.1 Å². The molecule has 0 spiro atoms. The number of hydrogen-bond acceptors (Lipinski definition) is 1. The van der Waals surface area contributed by atoms with Gasteiger partial charge in [-0.3, -0.25) is 4.90 Å². The van der Waals surface area contributed by atoms with E-state index in [1.165, 1.54) is 24.2 Å². The van der Waals surface area contributed by atoms with Crippen molar-refractivity contribution >= 4 is 6.08 Å².